The molecule has 0 bridgehead atoms. The van der Waals surface area contributed by atoms with Crippen LogP contribution in [0.5, 0.6) is 23.4 Å². The maximum Gasteiger partial charge on any atom is 0.433 e. The predicted octanol–water partition coefficient (Wildman–Crippen LogP) is 16.3. The summed E-state index contributed by atoms with van der Waals surface area (Å²) >= 11 is 26.0. The van der Waals surface area contributed by atoms with E-state index in [1.807, 2.05) is 32.4 Å². The number of halogens is 13. The first kappa shape index (κ1) is 79.3. The molecule has 0 radical (unpaired) electrons. The van der Waals surface area contributed by atoms with Crippen molar-refractivity contribution in [1.29, 1.82) is 0 Å². The van der Waals surface area contributed by atoms with Gasteiger partial charge in [0.15, 0.2) is 23.4 Å². The molecule has 0 saturated heterocycles. The third-order valence-corrected chi connectivity index (χ3v) is 19.5. The van der Waals surface area contributed by atoms with Crippen LogP contribution in [0.3, 0.4) is 0 Å². The molecule has 560 valence electrons. The molecule has 0 saturated carbocycles. The molecule has 8 heterocycles. The van der Waals surface area contributed by atoms with Gasteiger partial charge in [0.25, 0.3) is 11.8 Å². The van der Waals surface area contributed by atoms with Crippen LogP contribution in [-0.4, -0.2) is 119 Å². The number of benzene rings is 4. The number of methoxy groups -OCH3 is 3. The second-order valence-electron chi connectivity index (χ2n) is 25.7. The van der Waals surface area contributed by atoms with Gasteiger partial charge in [-0.1, -0.05) is 82.8 Å². The van der Waals surface area contributed by atoms with Gasteiger partial charge in [0.05, 0.1) is 107 Å². The number of pyridine rings is 4. The summed E-state index contributed by atoms with van der Waals surface area (Å²) in [5.41, 5.74) is 0.292. The minimum atomic E-state index is -4.66. The van der Waals surface area contributed by atoms with E-state index >= 15 is 0 Å². The lowest BCUT2D eigenvalue weighted by molar-refractivity contribution is -0.141. The van der Waals surface area contributed by atoms with Crippen LogP contribution in [0.1, 0.15) is 112 Å². The number of imidazole rings is 3. The predicted molar refractivity (Wildman–Crippen MR) is 383 cm³/mol. The molecule has 0 fully saturated rings. The van der Waals surface area contributed by atoms with Crippen molar-refractivity contribution in [3.05, 3.63) is 233 Å². The molecule has 0 aliphatic heterocycles. The molecule has 32 heteroatoms. The first-order valence-corrected chi connectivity index (χ1v) is 33.8. The van der Waals surface area contributed by atoms with Crippen LogP contribution < -0.4 is 18.9 Å². The molecule has 4 aromatic carbocycles. The van der Waals surface area contributed by atoms with Crippen molar-refractivity contribution in [2.24, 2.45) is 28.2 Å². The van der Waals surface area contributed by atoms with Gasteiger partial charge in [-0.3, -0.25) is 9.67 Å². The van der Waals surface area contributed by atoms with Gasteiger partial charge in [-0.2, -0.15) is 18.3 Å². The number of hydrogen-bond donors (Lipinski definition) is 3. The smallest absolute Gasteiger partial charge is 0.433 e. The van der Waals surface area contributed by atoms with Crippen molar-refractivity contribution in [3.63, 3.8) is 0 Å². The van der Waals surface area contributed by atoms with E-state index in [1.54, 1.807) is 110 Å². The average Bonchev–Trinajstić information content (AvgIpc) is 1.49. The third-order valence-electron chi connectivity index (χ3n) is 18.0. The summed E-state index contributed by atoms with van der Waals surface area (Å²) in [5.74, 6) is -8.31. The van der Waals surface area contributed by atoms with Crippen LogP contribution in [0.15, 0.2) is 128 Å². The zero-order valence-electron chi connectivity index (χ0n) is 59.2. The van der Waals surface area contributed by atoms with E-state index in [1.165, 1.54) is 56.6 Å². The Morgan fingerprint density at radius 1 is 0.491 bits per heavy atom. The van der Waals surface area contributed by atoms with Crippen molar-refractivity contribution in [1.82, 2.24) is 58.4 Å². The molecule has 19 nitrogen and oxygen atoms in total. The lowest BCUT2D eigenvalue weighted by Crippen LogP contribution is -2.32. The fourth-order valence-corrected chi connectivity index (χ4v) is 13.6. The highest BCUT2D eigenvalue weighted by Gasteiger charge is 2.44. The van der Waals surface area contributed by atoms with E-state index in [0.29, 0.717) is 83.1 Å². The second kappa shape index (κ2) is 30.2. The third kappa shape index (κ3) is 15.8. The molecule has 0 amide bonds. The number of aliphatic hydroxyl groups is 3. The second-order valence-corrected chi connectivity index (χ2v) is 27.3. The van der Waals surface area contributed by atoms with Gasteiger partial charge in [-0.15, -0.1) is 0 Å². The molecule has 0 spiro atoms. The Balaban J connectivity index is 0.000000170. The van der Waals surface area contributed by atoms with Crippen molar-refractivity contribution >= 4 is 79.1 Å². The zero-order valence-corrected chi connectivity index (χ0v) is 62.2. The first-order valence-electron chi connectivity index (χ1n) is 32.3. The zero-order chi connectivity index (χ0) is 77.7. The van der Waals surface area contributed by atoms with Crippen molar-refractivity contribution in [2.45, 2.75) is 102 Å². The molecule has 8 aromatic heterocycles. The molecule has 0 aliphatic rings. The fourth-order valence-electron chi connectivity index (χ4n) is 12.5. The molecule has 0 aliphatic carbocycles. The first-order chi connectivity index (χ1) is 49.6. The van der Waals surface area contributed by atoms with Gasteiger partial charge in [-0.05, 0) is 118 Å². The van der Waals surface area contributed by atoms with Crippen LogP contribution >= 0.6 is 46.4 Å². The van der Waals surface area contributed by atoms with E-state index in [4.69, 9.17) is 65.4 Å². The monoisotopic (exact) mass is 1550 g/mol. The van der Waals surface area contributed by atoms with Gasteiger partial charge in [-0.25, -0.2) is 56.2 Å². The standard InChI is InChI=1S/C25H23Cl2F2N3O2.C25H28ClF2N5O3.C24H20ClF5N4O2/c1-24(28,29)11-10-18-22(27)19-12-16(6-9-20(19)31-23(18)34-3)25(33,21-13-30-14-32(21)2)15-4-7-17(26)8-5-15;1-13-20(14(2)33(6)31-13)25(34,19-11-29-15(3)32(19)5)16-8-9-18-17(10-16)21(26)22(23(30-18)35-7)36-12-24(4,27)28;1-22(26,27)9-16-20(25)15-8-13(4-6-17(15)33-21(16)36-3)23(35,19-11-31-12-34(19)2)14-5-7-18(32-10-14)24(28,29)30/h4-9,12-14,33H,10-11H2,1-3H3;8-11,34H,12H2,1-7H3;4-8,10-12,35H,9H2,1-3H3. The van der Waals surface area contributed by atoms with E-state index < -0.39 is 65.9 Å². The maximum absolute atomic E-state index is 13.9. The van der Waals surface area contributed by atoms with Gasteiger partial charge >= 0.3 is 6.18 Å². The Morgan fingerprint density at radius 3 is 1.37 bits per heavy atom. The lowest BCUT2D eigenvalue weighted by atomic mass is 9.81. The minimum absolute atomic E-state index is 0.0120. The van der Waals surface area contributed by atoms with E-state index in [9.17, 15) is 54.8 Å². The summed E-state index contributed by atoms with van der Waals surface area (Å²) in [4.78, 5) is 29.2. The van der Waals surface area contributed by atoms with Crippen LogP contribution in [0, 0.1) is 20.8 Å². The largest absolute Gasteiger partial charge is 0.481 e. The number of aryl methyl sites for hydroxylation is 5. The molecule has 3 unspecified atom stereocenters. The summed E-state index contributed by atoms with van der Waals surface area (Å²) in [6.45, 7) is 6.99. The lowest BCUT2D eigenvalue weighted by Gasteiger charge is -2.30. The van der Waals surface area contributed by atoms with Crippen molar-refractivity contribution < 1.29 is 73.8 Å². The van der Waals surface area contributed by atoms with Gasteiger partial charge in [0, 0.05) is 103 Å². The molecule has 3 N–H and O–H groups in total. The van der Waals surface area contributed by atoms with E-state index in [-0.39, 0.29) is 72.6 Å². The van der Waals surface area contributed by atoms with Crippen LogP contribution in [0.4, 0.5) is 39.5 Å². The Labute approximate surface area is 622 Å². The Hall–Kier alpha value is -9.29. The van der Waals surface area contributed by atoms with Crippen LogP contribution in [0.2, 0.25) is 20.1 Å². The quantitative estimate of drug-likeness (QED) is 0.0604. The summed E-state index contributed by atoms with van der Waals surface area (Å²) < 4.78 is 149. The topological polar surface area (TPSA) is 220 Å². The molecular weight excluding hydrogens is 1480 g/mol. The Morgan fingerprint density at radius 2 is 0.953 bits per heavy atom. The Bertz CT molecular complexity index is 5240. The van der Waals surface area contributed by atoms with E-state index in [0.717, 1.165) is 44.8 Å². The maximum atomic E-state index is 13.9. The number of fused-ring (bicyclic) bond motifs is 3. The number of alkyl halides is 9. The molecule has 12 rings (SSSR count). The van der Waals surface area contributed by atoms with Gasteiger partial charge < -0.3 is 48.0 Å². The number of ether oxygens (including phenoxy) is 4. The van der Waals surface area contributed by atoms with Crippen molar-refractivity contribution in [3.8, 4) is 23.4 Å². The van der Waals surface area contributed by atoms with Gasteiger partial charge in [0.2, 0.25) is 29.4 Å². The van der Waals surface area contributed by atoms with Crippen LogP contribution in [0.25, 0.3) is 32.7 Å². The normalized spacial score (nSPS) is 13.9. The molecule has 106 heavy (non-hydrogen) atoms. The summed E-state index contributed by atoms with van der Waals surface area (Å²) in [6, 6.07) is 23.5. The number of rotatable bonds is 20. The fraction of sp³-hybridized carbons (Fsp3) is 0.324. The highest BCUT2D eigenvalue weighted by Crippen LogP contribution is 2.48. The van der Waals surface area contributed by atoms with Crippen molar-refractivity contribution in [2.75, 3.05) is 27.9 Å². The highest BCUT2D eigenvalue weighted by atomic mass is 35.5. The number of aromatic nitrogens is 12. The molecule has 3 atom stereocenters. The Kier molecular flexibility index (Phi) is 22.6. The van der Waals surface area contributed by atoms with E-state index in [2.05, 4.69) is 40.0 Å². The minimum Gasteiger partial charge on any atom is -0.481 e. The molecule has 12 aromatic rings. The summed E-state index contributed by atoms with van der Waals surface area (Å²) in [7, 11) is 11.1. The summed E-state index contributed by atoms with van der Waals surface area (Å²) in [5, 5.41) is 43.1. The SMILES string of the molecule is COc1nc2ccc(C(O)(c3c(C)nn(C)c3C)c3cnc(C)n3C)cc2c(Cl)c1OCC(C)(F)F.COc1nc2ccc(C(O)(c3ccc(C(F)(F)F)nc3)c3cncn3C)cc2c(Cl)c1CC(C)(F)F.COc1nc2ccc(C(O)(c3ccc(Cl)cc3)c3cncn3C)cc2c(Cl)c1CCC(C)(F)F. The molecular formula is C74H71Cl4F9N12O7. The van der Waals surface area contributed by atoms with Gasteiger partial charge in [0.1, 0.15) is 11.5 Å². The average molecular weight is 1550 g/mol. The number of nitrogens with zero attached hydrogens (tertiary/aromatic N) is 12. The van der Waals surface area contributed by atoms with Crippen LogP contribution in [-0.2, 0) is 64.0 Å². The highest BCUT2D eigenvalue weighted by molar-refractivity contribution is 6.37. The summed E-state index contributed by atoms with van der Waals surface area (Å²) in [6.07, 6.45) is 2.69. The number of hydrogen-bond acceptors (Lipinski definition) is 15.